The van der Waals surface area contributed by atoms with Crippen molar-refractivity contribution in [2.24, 2.45) is 5.73 Å². The van der Waals surface area contributed by atoms with Crippen LogP contribution in [0.4, 0.5) is 17.1 Å². The minimum Gasteiger partial charge on any atom is -0.341 e. The Bertz CT molecular complexity index is 726. The summed E-state index contributed by atoms with van der Waals surface area (Å²) in [6, 6.07) is 14.0. The number of aryl methyl sites for hydroxylation is 1. The molecule has 0 bridgehead atoms. The molecule has 106 valence electrons. The SMILES string of the molecule is NC1C(=O)Nc2cc(N3CCCc4ccccc43)ccc21. The predicted octanol–water partition coefficient (Wildman–Crippen LogP) is 2.72. The van der Waals surface area contributed by atoms with E-state index in [9.17, 15) is 4.79 Å². The summed E-state index contributed by atoms with van der Waals surface area (Å²) in [7, 11) is 0. The number of para-hydroxylation sites is 1. The van der Waals surface area contributed by atoms with Gasteiger partial charge >= 0.3 is 0 Å². The highest BCUT2D eigenvalue weighted by Gasteiger charge is 2.28. The Kier molecular flexibility index (Phi) is 2.72. The summed E-state index contributed by atoms with van der Waals surface area (Å²) in [5, 5.41) is 2.86. The number of rotatable bonds is 1. The number of nitrogens with zero attached hydrogens (tertiary/aromatic N) is 1. The number of hydrogen-bond acceptors (Lipinski definition) is 3. The number of fused-ring (bicyclic) bond motifs is 2. The fourth-order valence-electron chi connectivity index (χ4n) is 3.25. The lowest BCUT2D eigenvalue weighted by Crippen LogP contribution is -2.24. The summed E-state index contributed by atoms with van der Waals surface area (Å²) in [6.45, 7) is 0.996. The molecule has 0 fully saturated rings. The maximum Gasteiger partial charge on any atom is 0.245 e. The molecule has 2 aromatic rings. The summed E-state index contributed by atoms with van der Waals surface area (Å²) in [5.41, 5.74) is 11.3. The Balaban J connectivity index is 1.76. The van der Waals surface area contributed by atoms with Gasteiger partial charge in [0.1, 0.15) is 6.04 Å². The van der Waals surface area contributed by atoms with Gasteiger partial charge in [0, 0.05) is 29.2 Å². The molecule has 0 aliphatic carbocycles. The Morgan fingerprint density at radius 3 is 2.95 bits per heavy atom. The fraction of sp³-hybridized carbons (Fsp3) is 0.235. The van der Waals surface area contributed by atoms with Crippen molar-refractivity contribution in [3.8, 4) is 0 Å². The van der Waals surface area contributed by atoms with E-state index in [0.717, 1.165) is 36.3 Å². The van der Waals surface area contributed by atoms with Gasteiger partial charge in [0.2, 0.25) is 5.91 Å². The van der Waals surface area contributed by atoms with Crippen molar-refractivity contribution in [3.63, 3.8) is 0 Å². The van der Waals surface area contributed by atoms with E-state index < -0.39 is 6.04 Å². The van der Waals surface area contributed by atoms with E-state index in [0.29, 0.717) is 0 Å². The first-order chi connectivity index (χ1) is 10.2. The van der Waals surface area contributed by atoms with E-state index in [-0.39, 0.29) is 5.91 Å². The molecule has 2 aliphatic heterocycles. The van der Waals surface area contributed by atoms with Crippen molar-refractivity contribution >= 4 is 23.0 Å². The molecule has 1 amide bonds. The second kappa shape index (κ2) is 4.60. The fourth-order valence-corrected chi connectivity index (χ4v) is 3.25. The lowest BCUT2D eigenvalue weighted by molar-refractivity contribution is -0.116. The van der Waals surface area contributed by atoms with Gasteiger partial charge in [-0.15, -0.1) is 0 Å². The molecule has 0 radical (unpaired) electrons. The number of anilines is 3. The summed E-state index contributed by atoms with van der Waals surface area (Å²) in [4.78, 5) is 14.0. The highest BCUT2D eigenvalue weighted by Crippen LogP contribution is 2.37. The number of carbonyl (C=O) groups is 1. The van der Waals surface area contributed by atoms with Crippen LogP contribution in [0.1, 0.15) is 23.6 Å². The summed E-state index contributed by atoms with van der Waals surface area (Å²) >= 11 is 0. The zero-order chi connectivity index (χ0) is 14.4. The van der Waals surface area contributed by atoms with Crippen molar-refractivity contribution in [2.75, 3.05) is 16.8 Å². The minimum atomic E-state index is -0.539. The van der Waals surface area contributed by atoms with Crippen LogP contribution in [0.3, 0.4) is 0 Å². The van der Waals surface area contributed by atoms with Gasteiger partial charge in [0.15, 0.2) is 0 Å². The van der Waals surface area contributed by atoms with Gasteiger partial charge in [-0.2, -0.15) is 0 Å². The third kappa shape index (κ3) is 1.91. The largest absolute Gasteiger partial charge is 0.341 e. The standard InChI is InChI=1S/C17H17N3O/c18-16-13-8-7-12(10-14(13)19-17(16)21)20-9-3-5-11-4-1-2-6-15(11)20/h1-2,4,6-8,10,16H,3,5,9,18H2,(H,19,21). The van der Waals surface area contributed by atoms with E-state index in [1.54, 1.807) is 0 Å². The zero-order valence-corrected chi connectivity index (χ0v) is 11.7. The maximum atomic E-state index is 11.7. The summed E-state index contributed by atoms with van der Waals surface area (Å²) < 4.78 is 0. The molecule has 1 unspecified atom stereocenters. The number of benzene rings is 2. The maximum absolute atomic E-state index is 11.7. The second-order valence-corrected chi connectivity index (χ2v) is 5.62. The van der Waals surface area contributed by atoms with Crippen molar-refractivity contribution in [1.82, 2.24) is 0 Å². The number of carbonyl (C=O) groups excluding carboxylic acids is 1. The zero-order valence-electron chi connectivity index (χ0n) is 11.7. The molecule has 4 rings (SSSR count). The number of nitrogens with two attached hydrogens (primary N) is 1. The molecule has 4 heteroatoms. The molecule has 2 heterocycles. The van der Waals surface area contributed by atoms with E-state index >= 15 is 0 Å². The van der Waals surface area contributed by atoms with Gasteiger partial charge in [-0.25, -0.2) is 0 Å². The van der Waals surface area contributed by atoms with Crippen LogP contribution in [0.2, 0.25) is 0 Å². The molecule has 4 nitrogen and oxygen atoms in total. The number of amides is 1. The van der Waals surface area contributed by atoms with Gasteiger partial charge in [0.05, 0.1) is 0 Å². The van der Waals surface area contributed by atoms with E-state index in [1.165, 1.54) is 11.3 Å². The highest BCUT2D eigenvalue weighted by molar-refractivity contribution is 6.03. The molecule has 0 aromatic heterocycles. The van der Waals surface area contributed by atoms with E-state index in [2.05, 4.69) is 40.5 Å². The summed E-state index contributed by atoms with van der Waals surface area (Å²) in [6.07, 6.45) is 2.26. The first-order valence-corrected chi connectivity index (χ1v) is 7.30. The first kappa shape index (κ1) is 12.4. The normalized spacial score (nSPS) is 20.0. The molecule has 3 N–H and O–H groups in total. The minimum absolute atomic E-state index is 0.124. The monoisotopic (exact) mass is 279 g/mol. The van der Waals surface area contributed by atoms with Crippen LogP contribution in [0.25, 0.3) is 0 Å². The third-order valence-electron chi connectivity index (χ3n) is 4.33. The van der Waals surface area contributed by atoms with Gasteiger partial charge < -0.3 is 16.0 Å². The molecule has 21 heavy (non-hydrogen) atoms. The molecule has 0 spiro atoms. The first-order valence-electron chi connectivity index (χ1n) is 7.30. The molecular weight excluding hydrogens is 262 g/mol. The Morgan fingerprint density at radius 2 is 2.05 bits per heavy atom. The molecule has 0 saturated heterocycles. The molecule has 2 aliphatic rings. The van der Waals surface area contributed by atoms with E-state index in [1.807, 2.05) is 12.1 Å². The quantitative estimate of drug-likeness (QED) is 0.844. The van der Waals surface area contributed by atoms with Gasteiger partial charge in [0.25, 0.3) is 0 Å². The molecule has 1 atom stereocenters. The Hall–Kier alpha value is -2.33. The number of hydrogen-bond donors (Lipinski definition) is 2. The van der Waals surface area contributed by atoms with Crippen LogP contribution in [0.5, 0.6) is 0 Å². The Morgan fingerprint density at radius 1 is 1.19 bits per heavy atom. The molecule has 2 aromatic carbocycles. The molecular formula is C17H17N3O. The Labute approximate surface area is 123 Å². The lowest BCUT2D eigenvalue weighted by atomic mass is 10.0. The molecule has 0 saturated carbocycles. The van der Waals surface area contributed by atoms with Crippen molar-refractivity contribution < 1.29 is 4.79 Å². The number of nitrogens with one attached hydrogen (secondary N) is 1. The van der Waals surface area contributed by atoms with Crippen LogP contribution < -0.4 is 16.0 Å². The van der Waals surface area contributed by atoms with Crippen molar-refractivity contribution in [2.45, 2.75) is 18.9 Å². The topological polar surface area (TPSA) is 58.4 Å². The van der Waals surface area contributed by atoms with Gasteiger partial charge in [-0.05, 0) is 36.6 Å². The average molecular weight is 279 g/mol. The van der Waals surface area contributed by atoms with E-state index in [4.69, 9.17) is 5.73 Å². The van der Waals surface area contributed by atoms with Crippen LogP contribution in [0, 0.1) is 0 Å². The summed E-state index contributed by atoms with van der Waals surface area (Å²) in [5.74, 6) is -0.124. The van der Waals surface area contributed by atoms with Crippen LogP contribution >= 0.6 is 0 Å². The van der Waals surface area contributed by atoms with Crippen LogP contribution in [-0.2, 0) is 11.2 Å². The van der Waals surface area contributed by atoms with Gasteiger partial charge in [-0.1, -0.05) is 24.3 Å². The van der Waals surface area contributed by atoms with Crippen LogP contribution in [0.15, 0.2) is 42.5 Å². The third-order valence-corrected chi connectivity index (χ3v) is 4.33. The predicted molar refractivity (Wildman–Crippen MR) is 83.8 cm³/mol. The average Bonchev–Trinajstić information content (AvgIpc) is 2.81. The van der Waals surface area contributed by atoms with Gasteiger partial charge in [-0.3, -0.25) is 4.79 Å². The highest BCUT2D eigenvalue weighted by atomic mass is 16.2. The van der Waals surface area contributed by atoms with Crippen LogP contribution in [-0.4, -0.2) is 12.5 Å². The van der Waals surface area contributed by atoms with Crippen molar-refractivity contribution in [1.29, 1.82) is 0 Å². The smallest absolute Gasteiger partial charge is 0.245 e. The van der Waals surface area contributed by atoms with Crippen molar-refractivity contribution in [3.05, 3.63) is 53.6 Å². The second-order valence-electron chi connectivity index (χ2n) is 5.62. The lowest BCUT2D eigenvalue weighted by Gasteiger charge is -2.31.